The van der Waals surface area contributed by atoms with Gasteiger partial charge in [0.25, 0.3) is 0 Å². The minimum Gasteiger partial charge on any atom is -0.364 e. The van der Waals surface area contributed by atoms with E-state index in [1.54, 1.807) is 0 Å². The average Bonchev–Trinajstić information content (AvgIpc) is 2.71. The number of hydrogen-bond donors (Lipinski definition) is 0. The van der Waals surface area contributed by atoms with Crippen molar-refractivity contribution in [1.82, 2.24) is 0 Å². The Morgan fingerprint density at radius 2 is 0.844 bits per heavy atom. The Labute approximate surface area is 202 Å². The van der Waals surface area contributed by atoms with Crippen LogP contribution in [-0.4, -0.2) is 23.2 Å². The fourth-order valence-corrected chi connectivity index (χ4v) is 5.24. The van der Waals surface area contributed by atoms with Crippen molar-refractivity contribution in [2.45, 2.75) is 145 Å². The minimum atomic E-state index is 0.0991. The van der Waals surface area contributed by atoms with E-state index in [9.17, 15) is 0 Å². The van der Waals surface area contributed by atoms with Gasteiger partial charge in [0, 0.05) is 34.5 Å². The standard InChI is InChI=1S/C30H56N2/c1-13-23(5)21-25(15-3)31(29(7,8)9)27-17-19-28(20-18-27)32(30(10,11)12)26(16-4)22-24(6)14-2/h17-20,23-26H,13-16,21-22H2,1-12H3. The van der Waals surface area contributed by atoms with Crippen LogP contribution in [0.3, 0.4) is 0 Å². The molecular weight excluding hydrogens is 388 g/mol. The van der Waals surface area contributed by atoms with E-state index in [-0.39, 0.29) is 11.1 Å². The Balaban J connectivity index is 3.34. The van der Waals surface area contributed by atoms with Crippen molar-refractivity contribution in [1.29, 1.82) is 0 Å². The fourth-order valence-electron chi connectivity index (χ4n) is 5.24. The van der Waals surface area contributed by atoms with Crippen molar-refractivity contribution in [3.63, 3.8) is 0 Å². The molecule has 0 saturated heterocycles. The number of rotatable bonds is 12. The summed E-state index contributed by atoms with van der Waals surface area (Å²) in [6.07, 6.45) is 7.39. The highest BCUT2D eigenvalue weighted by molar-refractivity contribution is 5.59. The van der Waals surface area contributed by atoms with Crippen LogP contribution in [0.25, 0.3) is 0 Å². The van der Waals surface area contributed by atoms with Crippen LogP contribution < -0.4 is 9.80 Å². The maximum atomic E-state index is 2.68. The molecule has 32 heavy (non-hydrogen) atoms. The maximum Gasteiger partial charge on any atom is 0.0374 e. The van der Waals surface area contributed by atoms with Crippen molar-refractivity contribution in [2.24, 2.45) is 11.8 Å². The average molecular weight is 445 g/mol. The molecule has 0 heterocycles. The number of nitrogens with zero attached hydrogens (tertiary/aromatic N) is 2. The highest BCUT2D eigenvalue weighted by Gasteiger charge is 2.31. The Bertz CT molecular complexity index is 577. The zero-order valence-corrected chi connectivity index (χ0v) is 23.8. The molecule has 0 radical (unpaired) electrons. The van der Waals surface area contributed by atoms with E-state index in [2.05, 4.69) is 117 Å². The maximum absolute atomic E-state index is 2.68. The van der Waals surface area contributed by atoms with E-state index in [0.717, 1.165) is 11.8 Å². The van der Waals surface area contributed by atoms with Crippen LogP contribution >= 0.6 is 0 Å². The molecule has 1 aromatic carbocycles. The van der Waals surface area contributed by atoms with Crippen molar-refractivity contribution in [2.75, 3.05) is 9.80 Å². The van der Waals surface area contributed by atoms with Crippen LogP contribution in [-0.2, 0) is 0 Å². The summed E-state index contributed by atoms with van der Waals surface area (Å²) in [7, 11) is 0. The summed E-state index contributed by atoms with van der Waals surface area (Å²) in [5, 5.41) is 0. The third kappa shape index (κ3) is 7.99. The van der Waals surface area contributed by atoms with Crippen molar-refractivity contribution < 1.29 is 0 Å². The van der Waals surface area contributed by atoms with Gasteiger partial charge in [0.1, 0.15) is 0 Å². The number of anilines is 2. The highest BCUT2D eigenvalue weighted by Crippen LogP contribution is 2.35. The van der Waals surface area contributed by atoms with E-state index in [1.807, 2.05) is 0 Å². The lowest BCUT2D eigenvalue weighted by molar-refractivity contribution is 0.362. The predicted octanol–water partition coefficient (Wildman–Crippen LogP) is 9.33. The van der Waals surface area contributed by atoms with Crippen LogP contribution in [0.15, 0.2) is 24.3 Å². The van der Waals surface area contributed by atoms with Crippen molar-refractivity contribution >= 4 is 11.4 Å². The normalized spacial score (nSPS) is 16.4. The summed E-state index contributed by atoms with van der Waals surface area (Å²) in [4.78, 5) is 5.36. The molecule has 1 rings (SSSR count). The van der Waals surface area contributed by atoms with Crippen LogP contribution in [0.4, 0.5) is 11.4 Å². The first-order chi connectivity index (χ1) is 14.8. The summed E-state index contributed by atoms with van der Waals surface area (Å²) < 4.78 is 0. The molecule has 4 atom stereocenters. The van der Waals surface area contributed by atoms with Gasteiger partial charge < -0.3 is 9.80 Å². The van der Waals surface area contributed by atoms with Crippen LogP contribution in [0.2, 0.25) is 0 Å². The van der Waals surface area contributed by atoms with Crippen molar-refractivity contribution in [3.05, 3.63) is 24.3 Å². The van der Waals surface area contributed by atoms with E-state index in [0.29, 0.717) is 12.1 Å². The second kappa shape index (κ2) is 12.3. The van der Waals surface area contributed by atoms with Gasteiger partial charge >= 0.3 is 0 Å². The third-order valence-corrected chi connectivity index (χ3v) is 7.27. The van der Waals surface area contributed by atoms with Gasteiger partial charge in [0.15, 0.2) is 0 Å². The molecule has 0 spiro atoms. The summed E-state index contributed by atoms with van der Waals surface area (Å²) in [6.45, 7) is 28.3. The lowest BCUT2D eigenvalue weighted by Crippen LogP contribution is -2.49. The Morgan fingerprint density at radius 3 is 1.03 bits per heavy atom. The molecule has 2 nitrogen and oxygen atoms in total. The van der Waals surface area contributed by atoms with Gasteiger partial charge in [0.05, 0.1) is 0 Å². The fraction of sp³-hybridized carbons (Fsp3) is 0.800. The summed E-state index contributed by atoms with van der Waals surface area (Å²) in [5.41, 5.74) is 2.92. The van der Waals surface area contributed by atoms with Gasteiger partial charge in [0.2, 0.25) is 0 Å². The quantitative estimate of drug-likeness (QED) is 0.317. The van der Waals surface area contributed by atoms with Crippen molar-refractivity contribution in [3.8, 4) is 0 Å². The molecular formula is C30H56N2. The number of hydrogen-bond acceptors (Lipinski definition) is 2. The first-order valence-corrected chi connectivity index (χ1v) is 13.5. The first kappa shape index (κ1) is 28.9. The SMILES string of the molecule is CCC(C)CC(CC)N(c1ccc(N(C(CC)CC(C)CC)C(C)(C)C)cc1)C(C)(C)C. The first-order valence-electron chi connectivity index (χ1n) is 13.5. The summed E-state index contributed by atoms with van der Waals surface area (Å²) in [5.74, 6) is 1.51. The van der Waals surface area contributed by atoms with Gasteiger partial charge in [-0.05, 0) is 103 Å². The predicted molar refractivity (Wildman–Crippen MR) is 147 cm³/mol. The molecule has 0 aliphatic heterocycles. The monoisotopic (exact) mass is 444 g/mol. The second-order valence-electron chi connectivity index (χ2n) is 12.2. The van der Waals surface area contributed by atoms with E-state index in [4.69, 9.17) is 0 Å². The Morgan fingerprint density at radius 1 is 0.562 bits per heavy atom. The van der Waals surface area contributed by atoms with Gasteiger partial charge in [-0.25, -0.2) is 0 Å². The molecule has 186 valence electrons. The number of benzene rings is 1. The van der Waals surface area contributed by atoms with Gasteiger partial charge in [-0.1, -0.05) is 54.4 Å². The van der Waals surface area contributed by atoms with Crippen LogP contribution in [0.5, 0.6) is 0 Å². The molecule has 0 saturated carbocycles. The minimum absolute atomic E-state index is 0.0991. The van der Waals surface area contributed by atoms with E-state index in [1.165, 1.54) is 49.9 Å². The zero-order valence-electron chi connectivity index (χ0n) is 23.8. The Hall–Kier alpha value is -1.18. The molecule has 0 amide bonds. The van der Waals surface area contributed by atoms with Crippen LogP contribution in [0.1, 0.15) is 122 Å². The zero-order chi connectivity index (χ0) is 24.7. The van der Waals surface area contributed by atoms with Gasteiger partial charge in [-0.3, -0.25) is 0 Å². The van der Waals surface area contributed by atoms with Gasteiger partial charge in [-0.2, -0.15) is 0 Å². The molecule has 0 aromatic heterocycles. The molecule has 0 aliphatic carbocycles. The highest BCUT2D eigenvalue weighted by atomic mass is 15.2. The largest absolute Gasteiger partial charge is 0.364 e. The molecule has 4 unspecified atom stereocenters. The molecule has 0 bridgehead atoms. The third-order valence-electron chi connectivity index (χ3n) is 7.27. The lowest BCUT2D eigenvalue weighted by Gasteiger charge is -2.46. The summed E-state index contributed by atoms with van der Waals surface area (Å²) in [6, 6.07) is 10.7. The topological polar surface area (TPSA) is 6.48 Å². The smallest absolute Gasteiger partial charge is 0.0374 e. The Kier molecular flexibility index (Phi) is 11.1. The molecule has 2 heteroatoms. The second-order valence-corrected chi connectivity index (χ2v) is 12.2. The summed E-state index contributed by atoms with van der Waals surface area (Å²) >= 11 is 0. The van der Waals surface area contributed by atoms with E-state index < -0.39 is 0 Å². The lowest BCUT2D eigenvalue weighted by atomic mass is 9.91. The molecule has 1 aromatic rings. The molecule has 0 aliphatic rings. The molecule has 0 N–H and O–H groups in total. The molecule has 0 fully saturated rings. The van der Waals surface area contributed by atoms with Gasteiger partial charge in [-0.15, -0.1) is 0 Å². The van der Waals surface area contributed by atoms with E-state index >= 15 is 0 Å². The van der Waals surface area contributed by atoms with Crippen LogP contribution in [0, 0.1) is 11.8 Å².